The Balaban J connectivity index is 0.000000208. The summed E-state index contributed by atoms with van der Waals surface area (Å²) in [6.45, 7) is 5.33. The van der Waals surface area contributed by atoms with Crippen molar-refractivity contribution in [1.29, 1.82) is 0 Å². The van der Waals surface area contributed by atoms with Crippen LogP contribution in [-0.2, 0) is 4.74 Å². The lowest BCUT2D eigenvalue weighted by Gasteiger charge is -2.00. The Morgan fingerprint density at radius 3 is 2.33 bits per heavy atom. The predicted octanol–water partition coefficient (Wildman–Crippen LogP) is 6.04. The number of Topliss-reactive ketones (excluding diaryl/α,β-unsaturated/α-hetero) is 1. The fraction of sp³-hybridized carbons (Fsp3) is 0.200. The van der Waals surface area contributed by atoms with Gasteiger partial charge in [0.2, 0.25) is 0 Å². The minimum Gasteiger partial charge on any atom is -0.507 e. The van der Waals surface area contributed by atoms with E-state index in [0.717, 1.165) is 14.3 Å². The number of fused-ring (bicyclic) bond motifs is 1. The average Bonchev–Trinajstić information content (AvgIpc) is 2.92. The van der Waals surface area contributed by atoms with Crippen molar-refractivity contribution in [2.24, 2.45) is 0 Å². The first-order chi connectivity index (χ1) is 12.7. The number of halogens is 2. The van der Waals surface area contributed by atoms with Crippen LogP contribution in [0.25, 0.3) is 11.0 Å². The number of hydrogen-bond donors (Lipinski definition) is 1. The van der Waals surface area contributed by atoms with Gasteiger partial charge in [0.05, 0.1) is 12.2 Å². The Morgan fingerprint density at radius 2 is 1.74 bits per heavy atom. The molecule has 0 radical (unpaired) electrons. The number of phenolic OH excluding ortho intramolecular Hbond substituents is 1. The van der Waals surface area contributed by atoms with Crippen molar-refractivity contribution < 1.29 is 23.8 Å². The smallest absolute Gasteiger partial charge is 0.342 e. The molecule has 27 heavy (non-hydrogen) atoms. The van der Waals surface area contributed by atoms with E-state index in [4.69, 9.17) is 14.3 Å². The second kappa shape index (κ2) is 9.19. The maximum Gasteiger partial charge on any atom is 0.342 e. The van der Waals surface area contributed by atoms with E-state index in [1.54, 1.807) is 26.0 Å². The van der Waals surface area contributed by atoms with Gasteiger partial charge in [0, 0.05) is 14.3 Å². The van der Waals surface area contributed by atoms with E-state index in [2.05, 4.69) is 31.9 Å². The summed E-state index contributed by atoms with van der Waals surface area (Å²) in [5.41, 5.74) is 1.56. The van der Waals surface area contributed by atoms with Crippen LogP contribution < -0.4 is 0 Å². The summed E-state index contributed by atoms with van der Waals surface area (Å²) in [5, 5.41) is 9.95. The number of benzene rings is 2. The molecule has 0 saturated carbocycles. The lowest BCUT2D eigenvalue weighted by molar-refractivity contribution is 0.0526. The predicted molar refractivity (Wildman–Crippen MR) is 110 cm³/mol. The van der Waals surface area contributed by atoms with Gasteiger partial charge in [0.1, 0.15) is 22.7 Å². The molecule has 1 aromatic heterocycles. The third-order valence-electron chi connectivity index (χ3n) is 3.64. The third kappa shape index (κ3) is 5.20. The maximum absolute atomic E-state index is 11.8. The van der Waals surface area contributed by atoms with Crippen LogP contribution in [0, 0.1) is 6.92 Å². The van der Waals surface area contributed by atoms with E-state index >= 15 is 0 Å². The van der Waals surface area contributed by atoms with Crippen molar-refractivity contribution in [1.82, 2.24) is 0 Å². The minimum atomic E-state index is -0.336. The van der Waals surface area contributed by atoms with Crippen molar-refractivity contribution in [3.63, 3.8) is 0 Å². The highest BCUT2D eigenvalue weighted by Gasteiger charge is 2.19. The molecule has 0 aliphatic carbocycles. The van der Waals surface area contributed by atoms with Gasteiger partial charge >= 0.3 is 5.97 Å². The molecule has 5 nitrogen and oxygen atoms in total. The molecule has 1 heterocycles. The van der Waals surface area contributed by atoms with Gasteiger partial charge in [-0.15, -0.1) is 0 Å². The van der Waals surface area contributed by atoms with E-state index in [1.165, 1.54) is 13.0 Å². The highest BCUT2D eigenvalue weighted by Crippen LogP contribution is 2.28. The molecule has 0 unspecified atom stereocenters. The van der Waals surface area contributed by atoms with Crippen molar-refractivity contribution in [3.8, 4) is 5.75 Å². The summed E-state index contributed by atoms with van der Waals surface area (Å²) in [5.74, 6) is 0.146. The molecule has 0 bridgehead atoms. The standard InChI is InChI=1S/C12H11BrO3.C8H7BrO2/c1-3-15-12(14)11-7(2)16-10-5-4-8(13)6-9(10)11;1-5(10)7-4-6(9)2-3-8(7)11/h4-6H,3H2,1-2H3;2-4,11H,1H3. The van der Waals surface area contributed by atoms with E-state index < -0.39 is 0 Å². The Bertz CT molecular complexity index is 991. The molecule has 142 valence electrons. The van der Waals surface area contributed by atoms with Gasteiger partial charge in [-0.05, 0) is 57.2 Å². The number of ketones is 1. The zero-order valence-corrected chi connectivity index (χ0v) is 18.2. The minimum absolute atomic E-state index is 0.0284. The fourth-order valence-electron chi connectivity index (χ4n) is 2.44. The third-order valence-corrected chi connectivity index (χ3v) is 4.63. The van der Waals surface area contributed by atoms with Gasteiger partial charge in [-0.1, -0.05) is 31.9 Å². The van der Waals surface area contributed by atoms with Crippen LogP contribution >= 0.6 is 31.9 Å². The van der Waals surface area contributed by atoms with Crippen LogP contribution in [0.4, 0.5) is 0 Å². The van der Waals surface area contributed by atoms with Gasteiger partial charge in [0.25, 0.3) is 0 Å². The Morgan fingerprint density at radius 1 is 1.11 bits per heavy atom. The summed E-state index contributed by atoms with van der Waals surface area (Å²) in [7, 11) is 0. The number of carbonyl (C=O) groups is 2. The van der Waals surface area contributed by atoms with Gasteiger partial charge in [0.15, 0.2) is 5.78 Å². The zero-order valence-electron chi connectivity index (χ0n) is 15.0. The van der Waals surface area contributed by atoms with Crippen LogP contribution in [0.5, 0.6) is 5.75 Å². The Kier molecular flexibility index (Phi) is 7.21. The van der Waals surface area contributed by atoms with E-state index in [-0.39, 0.29) is 17.5 Å². The van der Waals surface area contributed by atoms with Crippen LogP contribution in [0.15, 0.2) is 49.8 Å². The van der Waals surface area contributed by atoms with Crippen LogP contribution in [-0.4, -0.2) is 23.5 Å². The first kappa shape index (κ1) is 21.2. The monoisotopic (exact) mass is 496 g/mol. The molecule has 0 amide bonds. The lowest BCUT2D eigenvalue weighted by atomic mass is 10.1. The lowest BCUT2D eigenvalue weighted by Crippen LogP contribution is -2.05. The number of phenols is 1. The van der Waals surface area contributed by atoms with Crippen molar-refractivity contribution in [2.75, 3.05) is 6.61 Å². The molecule has 3 aromatic rings. The van der Waals surface area contributed by atoms with Crippen LogP contribution in [0.2, 0.25) is 0 Å². The van der Waals surface area contributed by atoms with Crippen LogP contribution in [0.1, 0.15) is 40.3 Å². The fourth-order valence-corrected chi connectivity index (χ4v) is 3.16. The van der Waals surface area contributed by atoms with E-state index in [0.29, 0.717) is 29.1 Å². The molecule has 0 aliphatic rings. The highest BCUT2D eigenvalue weighted by atomic mass is 79.9. The average molecular weight is 498 g/mol. The molecule has 0 fully saturated rings. The number of furan rings is 1. The first-order valence-electron chi connectivity index (χ1n) is 8.09. The summed E-state index contributed by atoms with van der Waals surface area (Å²) < 4.78 is 12.2. The second-order valence-corrected chi connectivity index (χ2v) is 7.44. The molecular formula is C20H18Br2O5. The SMILES string of the molecule is CC(=O)c1cc(Br)ccc1O.CCOC(=O)c1c(C)oc2ccc(Br)cc12. The summed E-state index contributed by atoms with van der Waals surface area (Å²) in [4.78, 5) is 22.6. The largest absolute Gasteiger partial charge is 0.507 e. The van der Waals surface area contributed by atoms with Gasteiger partial charge in [-0.3, -0.25) is 4.79 Å². The summed E-state index contributed by atoms with van der Waals surface area (Å²) in [6.07, 6.45) is 0. The molecule has 0 aliphatic heterocycles. The van der Waals surface area contributed by atoms with Gasteiger partial charge in [-0.25, -0.2) is 4.79 Å². The molecule has 3 rings (SSSR count). The number of aryl methyl sites for hydroxylation is 1. The maximum atomic E-state index is 11.8. The number of ether oxygens (including phenoxy) is 1. The summed E-state index contributed by atoms with van der Waals surface area (Å²) >= 11 is 6.57. The number of hydrogen-bond acceptors (Lipinski definition) is 5. The first-order valence-corrected chi connectivity index (χ1v) is 9.68. The molecule has 0 saturated heterocycles. The zero-order chi connectivity index (χ0) is 20.1. The van der Waals surface area contributed by atoms with Gasteiger partial charge in [-0.2, -0.15) is 0 Å². The quantitative estimate of drug-likeness (QED) is 0.352. The molecule has 7 heteroatoms. The Hall–Kier alpha value is -2.12. The highest BCUT2D eigenvalue weighted by molar-refractivity contribution is 9.10. The van der Waals surface area contributed by atoms with E-state index in [9.17, 15) is 9.59 Å². The van der Waals surface area contributed by atoms with Crippen LogP contribution in [0.3, 0.4) is 0 Å². The molecule has 2 aromatic carbocycles. The van der Waals surface area contributed by atoms with E-state index in [1.807, 2.05) is 18.2 Å². The van der Waals surface area contributed by atoms with Crippen molar-refractivity contribution in [3.05, 3.63) is 62.2 Å². The Labute approximate surface area is 173 Å². The molecular weight excluding hydrogens is 480 g/mol. The molecule has 1 N–H and O–H groups in total. The van der Waals surface area contributed by atoms with Crippen molar-refractivity contribution in [2.45, 2.75) is 20.8 Å². The van der Waals surface area contributed by atoms with Gasteiger partial charge < -0.3 is 14.3 Å². The number of rotatable bonds is 3. The molecule has 0 atom stereocenters. The number of esters is 1. The second-order valence-electron chi connectivity index (χ2n) is 5.61. The number of aromatic hydroxyl groups is 1. The van der Waals surface area contributed by atoms with Crippen molar-refractivity contribution >= 4 is 54.6 Å². The normalized spacial score (nSPS) is 10.3. The number of carbonyl (C=O) groups excluding carboxylic acids is 2. The molecule has 0 spiro atoms. The summed E-state index contributed by atoms with van der Waals surface area (Å²) in [6, 6.07) is 10.3. The topological polar surface area (TPSA) is 76.7 Å².